The number of aryl methyl sites for hydroxylation is 4. The van der Waals surface area contributed by atoms with Gasteiger partial charge in [0.2, 0.25) is 0 Å². The van der Waals surface area contributed by atoms with Gasteiger partial charge in [0.05, 0.1) is 5.69 Å². The van der Waals surface area contributed by atoms with E-state index in [2.05, 4.69) is 74.3 Å². The molecule has 0 bridgehead atoms. The number of imidazole rings is 1. The van der Waals surface area contributed by atoms with Crippen LogP contribution in [-0.4, -0.2) is 9.38 Å². The van der Waals surface area contributed by atoms with Gasteiger partial charge < -0.3 is 0 Å². The van der Waals surface area contributed by atoms with Gasteiger partial charge in [0, 0.05) is 11.8 Å². The van der Waals surface area contributed by atoms with Gasteiger partial charge in [-0.3, -0.25) is 4.40 Å². The van der Waals surface area contributed by atoms with Crippen LogP contribution in [0.2, 0.25) is 0 Å². The van der Waals surface area contributed by atoms with Gasteiger partial charge in [0.15, 0.2) is 5.82 Å². The van der Waals surface area contributed by atoms with E-state index in [0.717, 1.165) is 34.0 Å². The molecular weight excluding hydrogens is 332 g/mol. The van der Waals surface area contributed by atoms with Crippen molar-refractivity contribution in [3.8, 4) is 11.3 Å². The van der Waals surface area contributed by atoms with E-state index >= 15 is 0 Å². The zero-order valence-electron chi connectivity index (χ0n) is 16.1. The minimum atomic E-state index is 0.749. The Labute approximate surface area is 159 Å². The largest absolute Gasteiger partial charge is 0.283 e. The maximum Gasteiger partial charge on any atom is 0.187 e. The molecule has 0 aliphatic carbocycles. The van der Waals surface area contributed by atoms with Gasteiger partial charge in [-0.2, -0.15) is 0 Å². The van der Waals surface area contributed by atoms with Crippen molar-refractivity contribution in [1.29, 1.82) is 0 Å². The second-order valence-electron chi connectivity index (χ2n) is 7.07. The van der Waals surface area contributed by atoms with Gasteiger partial charge in [-0.15, -0.1) is 10.2 Å². The third-order valence-corrected chi connectivity index (χ3v) is 4.66. The summed E-state index contributed by atoms with van der Waals surface area (Å²) in [5, 5.41) is 9.08. The van der Waals surface area contributed by atoms with Crippen LogP contribution in [0.5, 0.6) is 0 Å². The maximum atomic E-state index is 4.87. The van der Waals surface area contributed by atoms with Crippen molar-refractivity contribution in [2.24, 2.45) is 10.2 Å². The SMILES string of the molecule is Cc1cccc(N=Nc2c(-c3ccc(C)cc3C)nc3cc(C)ccn23)c1. The third-order valence-electron chi connectivity index (χ3n) is 4.66. The molecule has 0 spiro atoms. The minimum absolute atomic E-state index is 0.749. The van der Waals surface area contributed by atoms with Crippen LogP contribution in [-0.2, 0) is 0 Å². The normalized spacial score (nSPS) is 11.6. The molecule has 0 amide bonds. The number of rotatable bonds is 3. The summed E-state index contributed by atoms with van der Waals surface area (Å²) in [6.07, 6.45) is 2.01. The number of nitrogens with zero attached hydrogens (tertiary/aromatic N) is 4. The topological polar surface area (TPSA) is 42.0 Å². The lowest BCUT2D eigenvalue weighted by Crippen LogP contribution is -1.86. The smallest absolute Gasteiger partial charge is 0.187 e. The first-order valence-electron chi connectivity index (χ1n) is 9.06. The standard InChI is InChI=1S/C23H22N4/c1-15-6-5-7-19(13-15)25-26-23-22(20-9-8-16(2)12-18(20)4)24-21-14-17(3)10-11-27(21)23/h5-14H,1-4H3. The molecule has 0 fully saturated rings. The molecule has 0 N–H and O–H groups in total. The van der Waals surface area contributed by atoms with Crippen molar-refractivity contribution in [3.63, 3.8) is 0 Å². The van der Waals surface area contributed by atoms with E-state index in [1.165, 1.54) is 16.7 Å². The molecule has 0 radical (unpaired) electrons. The van der Waals surface area contributed by atoms with E-state index in [1.807, 2.05) is 28.8 Å². The van der Waals surface area contributed by atoms with E-state index in [0.29, 0.717) is 0 Å². The Balaban J connectivity index is 1.91. The van der Waals surface area contributed by atoms with Gasteiger partial charge in [-0.05, 0) is 68.7 Å². The number of aromatic nitrogens is 2. The Kier molecular flexibility index (Phi) is 4.32. The molecule has 27 heavy (non-hydrogen) atoms. The predicted molar refractivity (Wildman–Crippen MR) is 110 cm³/mol. The molecule has 2 aromatic carbocycles. The van der Waals surface area contributed by atoms with Crippen molar-refractivity contribution in [2.75, 3.05) is 0 Å². The quantitative estimate of drug-likeness (QED) is 0.380. The first-order chi connectivity index (χ1) is 13.0. The zero-order chi connectivity index (χ0) is 19.0. The number of hydrogen-bond acceptors (Lipinski definition) is 3. The van der Waals surface area contributed by atoms with Crippen LogP contribution >= 0.6 is 0 Å². The second kappa shape index (κ2) is 6.80. The van der Waals surface area contributed by atoms with E-state index < -0.39 is 0 Å². The second-order valence-corrected chi connectivity index (χ2v) is 7.07. The van der Waals surface area contributed by atoms with E-state index in [4.69, 9.17) is 4.98 Å². The number of benzene rings is 2. The molecule has 0 unspecified atom stereocenters. The van der Waals surface area contributed by atoms with Crippen molar-refractivity contribution in [3.05, 3.63) is 83.0 Å². The van der Waals surface area contributed by atoms with Crippen LogP contribution in [0.15, 0.2) is 71.0 Å². The van der Waals surface area contributed by atoms with Crippen LogP contribution in [0.4, 0.5) is 11.5 Å². The lowest BCUT2D eigenvalue weighted by molar-refractivity contribution is 1.10. The summed E-state index contributed by atoms with van der Waals surface area (Å²) in [7, 11) is 0. The van der Waals surface area contributed by atoms with E-state index in [1.54, 1.807) is 0 Å². The van der Waals surface area contributed by atoms with Gasteiger partial charge in [0.1, 0.15) is 11.3 Å². The average Bonchev–Trinajstić information content (AvgIpc) is 2.97. The number of fused-ring (bicyclic) bond motifs is 1. The zero-order valence-corrected chi connectivity index (χ0v) is 16.1. The molecular formula is C23H22N4. The molecule has 0 saturated carbocycles. The Morgan fingerprint density at radius 3 is 2.33 bits per heavy atom. The third kappa shape index (κ3) is 3.38. The Morgan fingerprint density at radius 1 is 0.778 bits per heavy atom. The van der Waals surface area contributed by atoms with Crippen molar-refractivity contribution < 1.29 is 0 Å². The van der Waals surface area contributed by atoms with E-state index in [-0.39, 0.29) is 0 Å². The Bertz CT molecular complexity index is 1170. The Morgan fingerprint density at radius 2 is 1.56 bits per heavy atom. The van der Waals surface area contributed by atoms with Crippen molar-refractivity contribution in [2.45, 2.75) is 27.7 Å². The first kappa shape index (κ1) is 17.2. The minimum Gasteiger partial charge on any atom is -0.283 e. The molecule has 2 aromatic heterocycles. The lowest BCUT2D eigenvalue weighted by atomic mass is 10.0. The molecule has 134 valence electrons. The summed E-state index contributed by atoms with van der Waals surface area (Å²) in [5.41, 5.74) is 8.40. The van der Waals surface area contributed by atoms with E-state index in [9.17, 15) is 0 Å². The number of azo groups is 1. The van der Waals surface area contributed by atoms with Crippen LogP contribution in [0, 0.1) is 27.7 Å². The van der Waals surface area contributed by atoms with Crippen LogP contribution in [0.3, 0.4) is 0 Å². The van der Waals surface area contributed by atoms with Gasteiger partial charge in [-0.25, -0.2) is 4.98 Å². The fourth-order valence-electron chi connectivity index (χ4n) is 3.28. The predicted octanol–water partition coefficient (Wildman–Crippen LogP) is 6.65. The monoisotopic (exact) mass is 354 g/mol. The fourth-order valence-corrected chi connectivity index (χ4v) is 3.28. The molecule has 0 aliphatic heterocycles. The highest BCUT2D eigenvalue weighted by Crippen LogP contribution is 2.34. The highest BCUT2D eigenvalue weighted by atomic mass is 15.2. The molecule has 4 heteroatoms. The first-order valence-corrected chi connectivity index (χ1v) is 9.06. The van der Waals surface area contributed by atoms with Gasteiger partial charge in [0.25, 0.3) is 0 Å². The van der Waals surface area contributed by atoms with Crippen molar-refractivity contribution >= 4 is 17.2 Å². The molecule has 0 aliphatic rings. The summed E-state index contributed by atoms with van der Waals surface area (Å²) >= 11 is 0. The molecule has 0 atom stereocenters. The summed E-state index contributed by atoms with van der Waals surface area (Å²) in [6.45, 7) is 8.33. The summed E-state index contributed by atoms with van der Waals surface area (Å²) in [4.78, 5) is 4.87. The maximum absolute atomic E-state index is 4.87. The summed E-state index contributed by atoms with van der Waals surface area (Å²) in [6, 6.07) is 18.6. The van der Waals surface area contributed by atoms with Gasteiger partial charge >= 0.3 is 0 Å². The molecule has 0 saturated heterocycles. The molecule has 2 heterocycles. The number of hydrogen-bond donors (Lipinski definition) is 0. The fraction of sp³-hybridized carbons (Fsp3) is 0.174. The molecule has 4 aromatic rings. The highest BCUT2D eigenvalue weighted by molar-refractivity contribution is 5.77. The van der Waals surface area contributed by atoms with Crippen molar-refractivity contribution in [1.82, 2.24) is 9.38 Å². The van der Waals surface area contributed by atoms with Crippen LogP contribution in [0.1, 0.15) is 22.3 Å². The highest BCUT2D eigenvalue weighted by Gasteiger charge is 2.16. The van der Waals surface area contributed by atoms with Gasteiger partial charge in [-0.1, -0.05) is 35.9 Å². The van der Waals surface area contributed by atoms with Crippen LogP contribution in [0.25, 0.3) is 16.9 Å². The summed E-state index contributed by atoms with van der Waals surface area (Å²) < 4.78 is 2.00. The number of pyridine rings is 1. The average molecular weight is 354 g/mol. The summed E-state index contributed by atoms with van der Waals surface area (Å²) in [5.74, 6) is 0.749. The van der Waals surface area contributed by atoms with Crippen LogP contribution < -0.4 is 0 Å². The lowest BCUT2D eigenvalue weighted by Gasteiger charge is -2.05. The molecule has 4 rings (SSSR count). The Hall–Kier alpha value is -3.27. The molecule has 4 nitrogen and oxygen atoms in total.